The molecule has 2 N–H and O–H groups in total. The second-order valence-electron chi connectivity index (χ2n) is 3.05. The highest BCUT2D eigenvalue weighted by molar-refractivity contribution is 7.09. The van der Waals surface area contributed by atoms with Gasteiger partial charge in [0.25, 0.3) is 0 Å². The van der Waals surface area contributed by atoms with Crippen LogP contribution in [0, 0.1) is 0 Å². The van der Waals surface area contributed by atoms with Crippen LogP contribution in [-0.4, -0.2) is 15.0 Å². The summed E-state index contributed by atoms with van der Waals surface area (Å²) in [5.41, 5.74) is 1.09. The third kappa shape index (κ3) is 2.18. The average molecular weight is 208 g/mol. The van der Waals surface area contributed by atoms with Crippen molar-refractivity contribution in [3.05, 3.63) is 34.8 Å². The van der Waals surface area contributed by atoms with E-state index in [4.69, 9.17) is 0 Å². The first kappa shape index (κ1) is 9.36. The lowest BCUT2D eigenvalue weighted by Crippen LogP contribution is -2.17. The Labute approximate surface area is 86.4 Å². The van der Waals surface area contributed by atoms with Crippen LogP contribution in [-0.2, 0) is 6.54 Å². The number of imidazole rings is 1. The lowest BCUT2D eigenvalue weighted by atomic mass is 10.3. The van der Waals surface area contributed by atoms with Crippen molar-refractivity contribution < 1.29 is 0 Å². The predicted molar refractivity (Wildman–Crippen MR) is 56.0 cm³/mol. The number of H-pyrrole nitrogens is 1. The maximum Gasteiger partial charge on any atom is 0.109 e. The topological polar surface area (TPSA) is 53.6 Å². The first-order valence-corrected chi connectivity index (χ1v) is 5.34. The lowest BCUT2D eigenvalue weighted by Gasteiger charge is -2.09. The summed E-state index contributed by atoms with van der Waals surface area (Å²) in [6.45, 7) is 2.90. The molecule has 2 aromatic rings. The number of thiazole rings is 1. The molecule has 0 amide bonds. The molecule has 0 spiro atoms. The van der Waals surface area contributed by atoms with E-state index in [9.17, 15) is 0 Å². The van der Waals surface area contributed by atoms with Gasteiger partial charge in [-0.05, 0) is 6.92 Å². The fraction of sp³-hybridized carbons (Fsp3) is 0.333. The molecule has 0 radical (unpaired) electrons. The SMILES string of the molecule is CC(NCc1cnc[nH]1)c1nccs1. The number of hydrogen-bond donors (Lipinski definition) is 2. The van der Waals surface area contributed by atoms with Gasteiger partial charge in [-0.25, -0.2) is 9.97 Å². The number of nitrogens with one attached hydrogen (secondary N) is 2. The van der Waals surface area contributed by atoms with E-state index in [1.807, 2.05) is 17.8 Å². The van der Waals surface area contributed by atoms with E-state index in [2.05, 4.69) is 27.2 Å². The molecule has 74 valence electrons. The Hall–Kier alpha value is -1.20. The number of aromatic nitrogens is 3. The van der Waals surface area contributed by atoms with Gasteiger partial charge in [0.2, 0.25) is 0 Å². The summed E-state index contributed by atoms with van der Waals surface area (Å²) in [5, 5.41) is 6.47. The summed E-state index contributed by atoms with van der Waals surface area (Å²) >= 11 is 1.67. The smallest absolute Gasteiger partial charge is 0.109 e. The number of nitrogens with zero attached hydrogens (tertiary/aromatic N) is 2. The first-order chi connectivity index (χ1) is 6.86. The highest BCUT2D eigenvalue weighted by atomic mass is 32.1. The van der Waals surface area contributed by atoms with Crippen LogP contribution < -0.4 is 5.32 Å². The summed E-state index contributed by atoms with van der Waals surface area (Å²) < 4.78 is 0. The zero-order chi connectivity index (χ0) is 9.80. The van der Waals surface area contributed by atoms with E-state index in [-0.39, 0.29) is 0 Å². The van der Waals surface area contributed by atoms with Crippen molar-refractivity contribution in [1.29, 1.82) is 0 Å². The molecule has 0 aliphatic heterocycles. The van der Waals surface area contributed by atoms with Crippen LogP contribution in [0.1, 0.15) is 23.7 Å². The Balaban J connectivity index is 1.87. The zero-order valence-corrected chi connectivity index (χ0v) is 8.71. The maximum absolute atomic E-state index is 4.25. The van der Waals surface area contributed by atoms with Crippen LogP contribution in [0.3, 0.4) is 0 Å². The van der Waals surface area contributed by atoms with Crippen molar-refractivity contribution in [2.24, 2.45) is 0 Å². The third-order valence-electron chi connectivity index (χ3n) is 1.98. The van der Waals surface area contributed by atoms with Gasteiger partial charge in [0.15, 0.2) is 0 Å². The van der Waals surface area contributed by atoms with E-state index in [0.29, 0.717) is 6.04 Å². The Morgan fingerprint density at radius 1 is 1.64 bits per heavy atom. The van der Waals surface area contributed by atoms with Gasteiger partial charge < -0.3 is 10.3 Å². The molecule has 2 rings (SSSR count). The van der Waals surface area contributed by atoms with E-state index in [1.54, 1.807) is 17.7 Å². The molecule has 5 heteroatoms. The van der Waals surface area contributed by atoms with Crippen molar-refractivity contribution >= 4 is 11.3 Å². The van der Waals surface area contributed by atoms with Crippen LogP contribution in [0.4, 0.5) is 0 Å². The molecule has 4 nitrogen and oxygen atoms in total. The highest BCUT2D eigenvalue weighted by Crippen LogP contribution is 2.14. The Morgan fingerprint density at radius 3 is 3.21 bits per heavy atom. The van der Waals surface area contributed by atoms with E-state index in [0.717, 1.165) is 17.2 Å². The molecule has 0 saturated carbocycles. The molecule has 0 aliphatic rings. The molecule has 1 unspecified atom stereocenters. The van der Waals surface area contributed by atoms with Gasteiger partial charge in [-0.1, -0.05) is 0 Å². The highest BCUT2D eigenvalue weighted by Gasteiger charge is 2.06. The summed E-state index contributed by atoms with van der Waals surface area (Å²) in [5.74, 6) is 0. The minimum Gasteiger partial charge on any atom is -0.347 e. The molecule has 14 heavy (non-hydrogen) atoms. The summed E-state index contributed by atoms with van der Waals surface area (Å²) in [7, 11) is 0. The monoisotopic (exact) mass is 208 g/mol. The largest absolute Gasteiger partial charge is 0.347 e. The molecule has 0 aliphatic carbocycles. The van der Waals surface area contributed by atoms with E-state index < -0.39 is 0 Å². The number of aromatic amines is 1. The van der Waals surface area contributed by atoms with Crippen LogP contribution in [0.25, 0.3) is 0 Å². The van der Waals surface area contributed by atoms with Gasteiger partial charge >= 0.3 is 0 Å². The molecule has 0 aromatic carbocycles. The first-order valence-electron chi connectivity index (χ1n) is 4.46. The van der Waals surface area contributed by atoms with Crippen LogP contribution in [0.15, 0.2) is 24.1 Å². The minimum absolute atomic E-state index is 0.290. The summed E-state index contributed by atoms with van der Waals surface area (Å²) in [4.78, 5) is 11.2. The third-order valence-corrected chi connectivity index (χ3v) is 2.93. The molecule has 1 atom stereocenters. The Morgan fingerprint density at radius 2 is 2.57 bits per heavy atom. The summed E-state index contributed by atoms with van der Waals surface area (Å²) in [6.07, 6.45) is 5.33. The van der Waals surface area contributed by atoms with Crippen molar-refractivity contribution in [3.63, 3.8) is 0 Å². The van der Waals surface area contributed by atoms with Crippen molar-refractivity contribution in [1.82, 2.24) is 20.3 Å². The molecule has 0 bridgehead atoms. The molecule has 0 fully saturated rings. The summed E-state index contributed by atoms with van der Waals surface area (Å²) in [6, 6.07) is 0.290. The minimum atomic E-state index is 0.290. The normalized spacial score (nSPS) is 12.9. The van der Waals surface area contributed by atoms with Crippen molar-refractivity contribution in [2.75, 3.05) is 0 Å². The number of hydrogen-bond acceptors (Lipinski definition) is 4. The van der Waals surface area contributed by atoms with Crippen molar-refractivity contribution in [2.45, 2.75) is 19.5 Å². The average Bonchev–Trinajstić information content (AvgIpc) is 2.87. The molecular formula is C9H12N4S. The maximum atomic E-state index is 4.25. The zero-order valence-electron chi connectivity index (χ0n) is 7.90. The van der Waals surface area contributed by atoms with Crippen LogP contribution in [0.5, 0.6) is 0 Å². The van der Waals surface area contributed by atoms with Crippen molar-refractivity contribution in [3.8, 4) is 0 Å². The molecule has 2 aromatic heterocycles. The lowest BCUT2D eigenvalue weighted by molar-refractivity contribution is 0.566. The predicted octanol–water partition coefficient (Wildman–Crippen LogP) is 1.72. The molecule has 2 heterocycles. The second kappa shape index (κ2) is 4.34. The molecular weight excluding hydrogens is 196 g/mol. The standard InChI is InChI=1S/C9H12N4S/c1-7(9-11-2-3-14-9)12-5-8-4-10-6-13-8/h2-4,6-7,12H,5H2,1H3,(H,10,13). The number of rotatable bonds is 4. The quantitative estimate of drug-likeness (QED) is 0.804. The van der Waals surface area contributed by atoms with Gasteiger partial charge in [-0.15, -0.1) is 11.3 Å². The molecule has 0 saturated heterocycles. The van der Waals surface area contributed by atoms with Gasteiger partial charge in [0.1, 0.15) is 5.01 Å². The second-order valence-corrected chi connectivity index (χ2v) is 3.98. The van der Waals surface area contributed by atoms with Gasteiger partial charge in [-0.3, -0.25) is 0 Å². The Kier molecular flexibility index (Phi) is 2.90. The van der Waals surface area contributed by atoms with E-state index >= 15 is 0 Å². The van der Waals surface area contributed by atoms with Gasteiger partial charge in [0, 0.05) is 30.0 Å². The fourth-order valence-corrected chi connectivity index (χ4v) is 1.85. The van der Waals surface area contributed by atoms with E-state index in [1.165, 1.54) is 0 Å². The van der Waals surface area contributed by atoms with Gasteiger partial charge in [-0.2, -0.15) is 0 Å². The Bertz CT molecular complexity index is 354. The van der Waals surface area contributed by atoms with Crippen LogP contribution >= 0.6 is 11.3 Å². The van der Waals surface area contributed by atoms with Gasteiger partial charge in [0.05, 0.1) is 12.4 Å². The van der Waals surface area contributed by atoms with Crippen LogP contribution in [0.2, 0.25) is 0 Å². The fourth-order valence-electron chi connectivity index (χ4n) is 1.18.